The van der Waals surface area contributed by atoms with Crippen LogP contribution in [0.4, 0.5) is 0 Å². The van der Waals surface area contributed by atoms with Crippen LogP contribution in [0.2, 0.25) is 5.28 Å². The minimum atomic E-state index is -0.0944. The SMILES string of the molecule is CC1(C)c2ccccc2-c2cc3c(cc21)[nH]c1ccccc13.CC1(C)c2ccccc2-c2cc3c4ccccc4n(-c4nc5c6c(cccc6n4)Oc4ccccc4-5)c3cc21.Clc1nc2c3c(cccc3n1)Oc1ccccc1-2. The molecule has 0 amide bonds. The monoisotopic (exact) mass is 1040 g/mol. The standard InChI is InChI=1S/C35H23N3O.C21H17N.C14H7ClN2O/c1-35(2)25-13-6-3-10-20(25)23-18-24-21-11-4-7-15-28(21)38(29(24)19-26(23)35)34-36-27-14-9-17-31-32(27)33(37-34)22-12-5-8-16-30(22)39-31;1-21(2)17-9-5-3-7-13(17)15-11-16-14-8-4-6-10-19(14)22-20(16)12-18(15)21;15-14-16-9-5-3-7-11-12(9)13(17-14)8-4-1-2-6-10(8)18-11/h3-19H,1-2H3;3-12,22H,1-2H3;1-7H. The van der Waals surface area contributed by atoms with Gasteiger partial charge in [-0.2, -0.15) is 0 Å². The summed E-state index contributed by atoms with van der Waals surface area (Å²) in [5.41, 5.74) is 21.0. The lowest BCUT2D eigenvalue weighted by Crippen LogP contribution is -2.15. The van der Waals surface area contributed by atoms with E-state index < -0.39 is 0 Å². The zero-order valence-electron chi connectivity index (χ0n) is 43.6. The van der Waals surface area contributed by atoms with E-state index in [-0.39, 0.29) is 16.1 Å². The van der Waals surface area contributed by atoms with E-state index in [1.807, 2.05) is 72.8 Å². The number of aromatic amines is 1. The summed E-state index contributed by atoms with van der Waals surface area (Å²) in [6.07, 6.45) is 0. The molecule has 2 aliphatic heterocycles. The molecule has 4 aliphatic rings. The van der Waals surface area contributed by atoms with E-state index >= 15 is 0 Å². The Morgan fingerprint density at radius 3 is 1.54 bits per heavy atom. The lowest BCUT2D eigenvalue weighted by atomic mass is 9.82. The highest BCUT2D eigenvalue weighted by atomic mass is 35.5. The second kappa shape index (κ2) is 16.7. The molecule has 0 saturated carbocycles. The topological polar surface area (TPSA) is 90.7 Å². The van der Waals surface area contributed by atoms with Gasteiger partial charge in [0.15, 0.2) is 0 Å². The van der Waals surface area contributed by atoms with E-state index in [4.69, 9.17) is 31.0 Å². The van der Waals surface area contributed by atoms with Gasteiger partial charge in [-0.3, -0.25) is 4.57 Å². The van der Waals surface area contributed by atoms with Crippen LogP contribution >= 0.6 is 11.6 Å². The molecule has 376 valence electrons. The number of H-pyrrole nitrogens is 1. The first kappa shape index (κ1) is 45.6. The Hall–Kier alpha value is -9.63. The summed E-state index contributed by atoms with van der Waals surface area (Å²) in [6, 6.07) is 71.9. The van der Waals surface area contributed by atoms with Crippen molar-refractivity contribution < 1.29 is 9.47 Å². The number of nitrogens with zero attached hydrogens (tertiary/aromatic N) is 5. The Morgan fingerprint density at radius 1 is 0.380 bits per heavy atom. The van der Waals surface area contributed by atoms with Crippen LogP contribution in [0.15, 0.2) is 206 Å². The number of aromatic nitrogens is 6. The molecule has 0 bridgehead atoms. The van der Waals surface area contributed by atoms with E-state index in [9.17, 15) is 0 Å². The first-order chi connectivity index (χ1) is 38.6. The third-order valence-electron chi connectivity index (χ3n) is 16.8. The molecular formula is C70H47ClN6O2. The normalized spacial score (nSPS) is 14.0. The minimum Gasteiger partial charge on any atom is -0.456 e. The predicted molar refractivity (Wildman–Crippen MR) is 320 cm³/mol. The summed E-state index contributed by atoms with van der Waals surface area (Å²) in [5.74, 6) is 3.87. The number of benzene rings is 10. The lowest BCUT2D eigenvalue weighted by molar-refractivity contribution is 0.486. The third kappa shape index (κ3) is 6.68. The molecule has 0 spiro atoms. The number of rotatable bonds is 1. The van der Waals surface area contributed by atoms with Gasteiger partial charge in [0.05, 0.1) is 44.2 Å². The zero-order chi connectivity index (χ0) is 52.9. The van der Waals surface area contributed by atoms with Crippen molar-refractivity contribution in [1.29, 1.82) is 0 Å². The van der Waals surface area contributed by atoms with Crippen LogP contribution < -0.4 is 9.47 Å². The van der Waals surface area contributed by atoms with Gasteiger partial charge in [-0.05, 0) is 141 Å². The van der Waals surface area contributed by atoms with Crippen molar-refractivity contribution in [2.75, 3.05) is 0 Å². The molecule has 0 fully saturated rings. The van der Waals surface area contributed by atoms with Gasteiger partial charge in [-0.15, -0.1) is 0 Å². The van der Waals surface area contributed by atoms with Crippen LogP contribution in [0.25, 0.3) is 116 Å². The highest BCUT2D eigenvalue weighted by Crippen LogP contribution is 2.53. The van der Waals surface area contributed by atoms with Crippen molar-refractivity contribution in [1.82, 2.24) is 29.5 Å². The molecule has 0 saturated heterocycles. The van der Waals surface area contributed by atoms with Gasteiger partial charge in [0.1, 0.15) is 23.0 Å². The Bertz CT molecular complexity index is 4950. The molecule has 9 heteroatoms. The molecule has 8 nitrogen and oxygen atoms in total. The van der Waals surface area contributed by atoms with E-state index in [1.54, 1.807) is 0 Å². The van der Waals surface area contributed by atoms with E-state index in [2.05, 4.69) is 181 Å². The smallest absolute Gasteiger partial charge is 0.235 e. The van der Waals surface area contributed by atoms with Crippen molar-refractivity contribution in [2.24, 2.45) is 0 Å². The van der Waals surface area contributed by atoms with Crippen LogP contribution in [-0.4, -0.2) is 29.5 Å². The van der Waals surface area contributed by atoms with Gasteiger partial charge in [-0.25, -0.2) is 19.9 Å². The molecule has 4 aromatic heterocycles. The van der Waals surface area contributed by atoms with Crippen molar-refractivity contribution in [3.63, 3.8) is 0 Å². The molecule has 18 rings (SSSR count). The van der Waals surface area contributed by atoms with Gasteiger partial charge in [0.2, 0.25) is 11.2 Å². The van der Waals surface area contributed by atoms with Gasteiger partial charge in [-0.1, -0.05) is 149 Å². The average Bonchev–Trinajstić information content (AvgIpc) is 4.36. The fourth-order valence-electron chi connectivity index (χ4n) is 13.1. The Morgan fingerprint density at radius 2 is 0.886 bits per heavy atom. The first-order valence-electron chi connectivity index (χ1n) is 26.7. The van der Waals surface area contributed by atoms with Crippen molar-refractivity contribution in [2.45, 2.75) is 38.5 Å². The zero-order valence-corrected chi connectivity index (χ0v) is 44.3. The van der Waals surface area contributed by atoms with Crippen LogP contribution in [0.5, 0.6) is 23.0 Å². The maximum absolute atomic E-state index is 6.24. The fraction of sp³-hybridized carbons (Fsp3) is 0.0857. The van der Waals surface area contributed by atoms with Crippen LogP contribution in [0, 0.1) is 0 Å². The molecule has 0 radical (unpaired) electrons. The van der Waals surface area contributed by atoms with Crippen LogP contribution in [-0.2, 0) is 10.8 Å². The number of nitrogens with one attached hydrogen (secondary N) is 1. The Kier molecular flexibility index (Phi) is 9.62. The second-order valence-corrected chi connectivity index (χ2v) is 22.3. The number of halogens is 1. The Labute approximate surface area is 459 Å². The second-order valence-electron chi connectivity index (χ2n) is 21.9. The number of ether oxygens (including phenoxy) is 2. The molecule has 14 aromatic rings. The molecule has 10 aromatic carbocycles. The number of hydrogen-bond acceptors (Lipinski definition) is 6. The molecule has 0 unspecified atom stereocenters. The van der Waals surface area contributed by atoms with Crippen molar-refractivity contribution in [3.8, 4) is 73.7 Å². The Balaban J connectivity index is 0.000000109. The highest BCUT2D eigenvalue weighted by Gasteiger charge is 2.38. The summed E-state index contributed by atoms with van der Waals surface area (Å²) in [6.45, 7) is 9.30. The van der Waals surface area contributed by atoms with Gasteiger partial charge >= 0.3 is 0 Å². The van der Waals surface area contributed by atoms with E-state index in [0.29, 0.717) is 5.95 Å². The highest BCUT2D eigenvalue weighted by molar-refractivity contribution is 6.29. The van der Waals surface area contributed by atoms with E-state index in [0.717, 1.165) is 78.4 Å². The molecule has 1 N–H and O–H groups in total. The van der Waals surface area contributed by atoms with Crippen molar-refractivity contribution in [3.05, 3.63) is 234 Å². The summed E-state index contributed by atoms with van der Waals surface area (Å²) in [7, 11) is 0. The molecule has 79 heavy (non-hydrogen) atoms. The van der Waals surface area contributed by atoms with Crippen LogP contribution in [0.3, 0.4) is 0 Å². The summed E-state index contributed by atoms with van der Waals surface area (Å²) in [5, 5.41) is 7.17. The number of para-hydroxylation sites is 4. The van der Waals surface area contributed by atoms with Crippen LogP contribution in [0.1, 0.15) is 49.9 Å². The maximum Gasteiger partial charge on any atom is 0.235 e. The lowest BCUT2D eigenvalue weighted by Gasteiger charge is -2.22. The molecular weight excluding hydrogens is 992 g/mol. The fourth-order valence-corrected chi connectivity index (χ4v) is 13.3. The quantitative estimate of drug-likeness (QED) is 0.165. The average molecular weight is 1040 g/mol. The minimum absolute atomic E-state index is 0.0669. The van der Waals surface area contributed by atoms with Crippen molar-refractivity contribution >= 4 is 77.0 Å². The largest absolute Gasteiger partial charge is 0.456 e. The first-order valence-corrected chi connectivity index (χ1v) is 27.1. The maximum atomic E-state index is 6.24. The molecule has 2 aliphatic carbocycles. The summed E-state index contributed by atoms with van der Waals surface area (Å²) in [4.78, 5) is 22.5. The van der Waals surface area contributed by atoms with Gasteiger partial charge < -0.3 is 14.5 Å². The van der Waals surface area contributed by atoms with Gasteiger partial charge in [0, 0.05) is 54.5 Å². The number of fused-ring (bicyclic) bond motifs is 16. The predicted octanol–water partition coefficient (Wildman–Crippen LogP) is 18.5. The van der Waals surface area contributed by atoms with E-state index in [1.165, 1.54) is 77.1 Å². The summed E-state index contributed by atoms with van der Waals surface area (Å²) < 4.78 is 14.3. The molecule has 0 atom stereocenters. The third-order valence-corrected chi connectivity index (χ3v) is 17.0. The van der Waals surface area contributed by atoms with Gasteiger partial charge in [0.25, 0.3) is 0 Å². The number of hydrogen-bond donors (Lipinski definition) is 1. The summed E-state index contributed by atoms with van der Waals surface area (Å²) >= 11 is 5.98. The molecule has 6 heterocycles.